The summed E-state index contributed by atoms with van der Waals surface area (Å²) in [6.07, 6.45) is 0. The maximum atomic E-state index is 2.43. The number of hydrogen-bond acceptors (Lipinski definition) is 3. The maximum Gasteiger partial charge on any atom is 0.0540 e. The molecule has 2 heterocycles. The Morgan fingerprint density at radius 1 is 0.309 bits per heavy atom. The van der Waals surface area contributed by atoms with E-state index in [9.17, 15) is 0 Å². The Morgan fingerprint density at radius 2 is 0.836 bits per heavy atom. The molecular formula is C52H33NS2. The van der Waals surface area contributed by atoms with Crippen molar-refractivity contribution >= 4 is 90.9 Å². The van der Waals surface area contributed by atoms with E-state index in [4.69, 9.17) is 0 Å². The fraction of sp³-hybridized carbons (Fsp3) is 0. The Labute approximate surface area is 327 Å². The van der Waals surface area contributed by atoms with Crippen LogP contribution in [-0.2, 0) is 0 Å². The van der Waals surface area contributed by atoms with Crippen molar-refractivity contribution in [3.8, 4) is 33.4 Å². The van der Waals surface area contributed by atoms with Crippen LogP contribution in [0.4, 0.5) is 17.1 Å². The predicted octanol–water partition coefficient (Wildman–Crippen LogP) is 16.0. The van der Waals surface area contributed by atoms with Crippen molar-refractivity contribution in [2.24, 2.45) is 0 Å². The van der Waals surface area contributed by atoms with Crippen molar-refractivity contribution in [3.05, 3.63) is 200 Å². The molecule has 0 atom stereocenters. The van der Waals surface area contributed by atoms with Crippen LogP contribution < -0.4 is 4.90 Å². The summed E-state index contributed by atoms with van der Waals surface area (Å²) in [7, 11) is 0. The fourth-order valence-corrected chi connectivity index (χ4v) is 10.5. The molecule has 0 unspecified atom stereocenters. The Balaban J connectivity index is 1.07. The molecule has 0 aliphatic heterocycles. The second-order valence-corrected chi connectivity index (χ2v) is 16.2. The van der Waals surface area contributed by atoms with Crippen LogP contribution in [0.2, 0.25) is 0 Å². The summed E-state index contributed by atoms with van der Waals surface area (Å²) in [6.45, 7) is 0. The topological polar surface area (TPSA) is 3.24 Å². The molecule has 11 aromatic rings. The highest BCUT2D eigenvalue weighted by Gasteiger charge is 2.20. The van der Waals surface area contributed by atoms with Crippen LogP contribution in [-0.4, -0.2) is 0 Å². The van der Waals surface area contributed by atoms with E-state index in [2.05, 4.69) is 205 Å². The lowest BCUT2D eigenvalue weighted by Crippen LogP contribution is -2.11. The van der Waals surface area contributed by atoms with Gasteiger partial charge in [-0.25, -0.2) is 0 Å². The number of fused-ring (bicyclic) bond motifs is 7. The molecule has 258 valence electrons. The van der Waals surface area contributed by atoms with Gasteiger partial charge in [-0.3, -0.25) is 0 Å². The van der Waals surface area contributed by atoms with Crippen LogP contribution in [0.25, 0.3) is 84.5 Å². The first-order valence-electron chi connectivity index (χ1n) is 18.7. The lowest BCUT2D eigenvalue weighted by Gasteiger charge is -2.28. The van der Waals surface area contributed by atoms with Gasteiger partial charge >= 0.3 is 0 Å². The zero-order valence-corrected chi connectivity index (χ0v) is 31.4. The second-order valence-electron chi connectivity index (χ2n) is 14.1. The number of thiophene rings is 2. The highest BCUT2D eigenvalue weighted by molar-refractivity contribution is 7.26. The van der Waals surface area contributed by atoms with Crippen molar-refractivity contribution < 1.29 is 0 Å². The minimum atomic E-state index is 1.11. The van der Waals surface area contributed by atoms with E-state index in [1.165, 1.54) is 84.5 Å². The predicted molar refractivity (Wildman–Crippen MR) is 241 cm³/mol. The van der Waals surface area contributed by atoms with Gasteiger partial charge in [-0.1, -0.05) is 140 Å². The minimum absolute atomic E-state index is 1.11. The maximum absolute atomic E-state index is 2.43. The van der Waals surface area contributed by atoms with E-state index in [0.29, 0.717) is 0 Å². The molecule has 11 rings (SSSR count). The van der Waals surface area contributed by atoms with Gasteiger partial charge in [0.05, 0.1) is 5.69 Å². The van der Waals surface area contributed by atoms with Gasteiger partial charge in [0.1, 0.15) is 0 Å². The first-order valence-corrected chi connectivity index (χ1v) is 20.3. The van der Waals surface area contributed by atoms with E-state index in [1.54, 1.807) is 0 Å². The van der Waals surface area contributed by atoms with E-state index in [0.717, 1.165) is 17.1 Å². The molecule has 9 aromatic carbocycles. The summed E-state index contributed by atoms with van der Waals surface area (Å²) in [5.74, 6) is 0. The van der Waals surface area contributed by atoms with Gasteiger partial charge in [0.25, 0.3) is 0 Å². The molecule has 0 saturated carbocycles. The van der Waals surface area contributed by atoms with E-state index in [1.807, 2.05) is 22.7 Å². The van der Waals surface area contributed by atoms with Crippen molar-refractivity contribution in [1.29, 1.82) is 0 Å². The molecule has 1 nitrogen and oxygen atoms in total. The Kier molecular flexibility index (Phi) is 7.61. The molecule has 2 aromatic heterocycles. The summed E-state index contributed by atoms with van der Waals surface area (Å²) in [6, 6.07) is 73.4. The zero-order valence-electron chi connectivity index (χ0n) is 29.8. The summed E-state index contributed by atoms with van der Waals surface area (Å²) < 4.78 is 5.27. The van der Waals surface area contributed by atoms with Crippen LogP contribution in [0.3, 0.4) is 0 Å². The van der Waals surface area contributed by atoms with Gasteiger partial charge in [0, 0.05) is 57.3 Å². The smallest absolute Gasteiger partial charge is 0.0540 e. The molecule has 3 heteroatoms. The van der Waals surface area contributed by atoms with Crippen LogP contribution in [0.5, 0.6) is 0 Å². The number of nitrogens with zero attached hydrogens (tertiary/aromatic N) is 1. The Bertz CT molecular complexity index is 3200. The molecule has 0 aliphatic rings. The molecule has 0 N–H and O–H groups in total. The average Bonchev–Trinajstić information content (AvgIpc) is 3.83. The lowest BCUT2D eigenvalue weighted by atomic mass is 9.96. The van der Waals surface area contributed by atoms with Crippen molar-refractivity contribution in [2.45, 2.75) is 0 Å². The quantitative estimate of drug-likeness (QED) is 0.164. The van der Waals surface area contributed by atoms with Gasteiger partial charge in [-0.15, -0.1) is 22.7 Å². The van der Waals surface area contributed by atoms with Gasteiger partial charge in [-0.2, -0.15) is 0 Å². The molecule has 0 radical (unpaired) electrons. The Morgan fingerprint density at radius 3 is 1.65 bits per heavy atom. The molecule has 0 bridgehead atoms. The van der Waals surface area contributed by atoms with E-state index >= 15 is 0 Å². The van der Waals surface area contributed by atoms with Gasteiger partial charge < -0.3 is 4.90 Å². The largest absolute Gasteiger partial charge is 0.310 e. The molecular weight excluding hydrogens is 703 g/mol. The Hall–Kier alpha value is -6.52. The zero-order chi connectivity index (χ0) is 36.3. The number of benzene rings is 9. The average molecular weight is 736 g/mol. The second kappa shape index (κ2) is 13.1. The van der Waals surface area contributed by atoms with Gasteiger partial charge in [0.15, 0.2) is 0 Å². The molecule has 0 saturated heterocycles. The van der Waals surface area contributed by atoms with E-state index in [-0.39, 0.29) is 0 Å². The standard InChI is InChI=1S/C52H33NS2/c1-2-13-40-35(11-1)12-9-17-41(40)36-25-30-39(31-26-36)53(38-28-23-34(24-29-38)37-27-32-50-46(33-37)43-15-4-7-20-48(43)54-50)47-19-6-3-14-42(47)44-18-10-22-51-52(44)45-16-5-8-21-49(45)55-51/h1-33H. The van der Waals surface area contributed by atoms with Crippen LogP contribution >= 0.6 is 22.7 Å². The third kappa shape index (κ3) is 5.43. The summed E-state index contributed by atoms with van der Waals surface area (Å²) in [4.78, 5) is 2.43. The number of hydrogen-bond donors (Lipinski definition) is 0. The number of anilines is 3. The van der Waals surface area contributed by atoms with Crippen LogP contribution in [0, 0.1) is 0 Å². The van der Waals surface area contributed by atoms with Crippen LogP contribution in [0.1, 0.15) is 0 Å². The lowest BCUT2D eigenvalue weighted by molar-refractivity contribution is 1.28. The fourth-order valence-electron chi connectivity index (χ4n) is 8.30. The van der Waals surface area contributed by atoms with Crippen molar-refractivity contribution in [2.75, 3.05) is 4.90 Å². The van der Waals surface area contributed by atoms with Crippen molar-refractivity contribution in [1.82, 2.24) is 0 Å². The summed E-state index contributed by atoms with van der Waals surface area (Å²) in [5.41, 5.74) is 10.7. The normalized spacial score (nSPS) is 11.6. The SMILES string of the molecule is c1ccc(N(c2ccc(-c3ccc4sc5ccccc5c4c3)cc2)c2ccc(-c3cccc4ccccc34)cc2)c(-c2cccc3sc4ccccc4c23)c1. The van der Waals surface area contributed by atoms with Gasteiger partial charge in [0.2, 0.25) is 0 Å². The summed E-state index contributed by atoms with van der Waals surface area (Å²) >= 11 is 3.73. The third-order valence-electron chi connectivity index (χ3n) is 10.9. The molecule has 0 aliphatic carbocycles. The summed E-state index contributed by atoms with van der Waals surface area (Å²) in [5, 5.41) is 7.77. The van der Waals surface area contributed by atoms with Gasteiger partial charge in [-0.05, 0) is 99.3 Å². The molecule has 0 amide bonds. The first-order chi connectivity index (χ1) is 27.3. The molecule has 0 spiro atoms. The number of para-hydroxylation sites is 1. The number of rotatable bonds is 6. The first kappa shape index (κ1) is 32.0. The third-order valence-corrected chi connectivity index (χ3v) is 13.2. The molecule has 0 fully saturated rings. The molecule has 55 heavy (non-hydrogen) atoms. The minimum Gasteiger partial charge on any atom is -0.310 e. The van der Waals surface area contributed by atoms with E-state index < -0.39 is 0 Å². The highest BCUT2D eigenvalue weighted by Crippen LogP contribution is 2.46. The highest BCUT2D eigenvalue weighted by atomic mass is 32.1. The monoisotopic (exact) mass is 735 g/mol. The van der Waals surface area contributed by atoms with Crippen LogP contribution in [0.15, 0.2) is 200 Å². The van der Waals surface area contributed by atoms with Crippen molar-refractivity contribution in [3.63, 3.8) is 0 Å².